The molecule has 0 N–H and O–H groups in total. The van der Waals surface area contributed by atoms with Gasteiger partial charge in [-0.2, -0.15) is 18.4 Å². The molecule has 0 unspecified atom stereocenters. The molecule has 11 aromatic carbocycles. The third-order valence-electron chi connectivity index (χ3n) is 15.7. The first-order chi connectivity index (χ1) is 37.3. The van der Waals surface area contributed by atoms with Gasteiger partial charge in [-0.05, 0) is 111 Å². The van der Waals surface area contributed by atoms with E-state index in [2.05, 4.69) is 129 Å². The first-order valence-electron chi connectivity index (χ1n) is 25.2. The average molecular weight is 983 g/mol. The van der Waals surface area contributed by atoms with Gasteiger partial charge in [0.2, 0.25) is 0 Å². The molecule has 356 valence electrons. The number of rotatable bonds is 4. The number of para-hydroxylation sites is 4. The van der Waals surface area contributed by atoms with Crippen molar-refractivity contribution in [1.29, 1.82) is 5.26 Å². The molecule has 0 bridgehead atoms. The highest BCUT2D eigenvalue weighted by molar-refractivity contribution is 6.18. The van der Waals surface area contributed by atoms with Gasteiger partial charge in [0.1, 0.15) is 23.0 Å². The van der Waals surface area contributed by atoms with Crippen molar-refractivity contribution >= 4 is 120 Å². The number of nitriles is 1. The number of halogens is 3. The summed E-state index contributed by atoms with van der Waals surface area (Å²) < 4.78 is 52.9. The van der Waals surface area contributed by atoms with Crippen molar-refractivity contribution in [3.05, 3.63) is 236 Å². The summed E-state index contributed by atoms with van der Waals surface area (Å²) in [5, 5.41) is 25.9. The molecule has 76 heavy (non-hydrogen) atoms. The summed E-state index contributed by atoms with van der Waals surface area (Å²) >= 11 is 0. The molecule has 0 spiro atoms. The molecular weight excluding hydrogens is 946 g/mol. The van der Waals surface area contributed by atoms with Crippen LogP contribution in [0.3, 0.4) is 0 Å². The van der Waals surface area contributed by atoms with E-state index in [9.17, 15) is 18.4 Å². The second kappa shape index (κ2) is 15.4. The SMILES string of the molecule is N#Cc1c(-n2c3ccccc3c3cc4ccccc4cc32)c(-n2c3ccccc3c3cc(C(F)(F)F)ccc32)nc(-n2c3ccccc3c3cc4ccccc4cc32)c1-n1c2ccccc2c2cc3ccccc3cc21. The lowest BCUT2D eigenvalue weighted by Gasteiger charge is -2.24. The number of nitrogens with zero attached hydrogens (tertiary/aromatic N) is 6. The Hall–Kier alpha value is -10.2. The van der Waals surface area contributed by atoms with Crippen molar-refractivity contribution in [3.8, 4) is 29.1 Å². The Morgan fingerprint density at radius 1 is 0.316 bits per heavy atom. The van der Waals surface area contributed by atoms with E-state index < -0.39 is 11.7 Å². The van der Waals surface area contributed by atoms with E-state index >= 15 is 0 Å². The molecule has 0 saturated heterocycles. The van der Waals surface area contributed by atoms with Crippen molar-refractivity contribution in [2.75, 3.05) is 0 Å². The van der Waals surface area contributed by atoms with Crippen molar-refractivity contribution in [2.45, 2.75) is 6.18 Å². The molecule has 0 saturated carbocycles. The molecule has 0 aliphatic heterocycles. The van der Waals surface area contributed by atoms with Crippen LogP contribution >= 0.6 is 0 Å². The van der Waals surface area contributed by atoms with Crippen molar-refractivity contribution in [1.82, 2.24) is 23.3 Å². The van der Waals surface area contributed by atoms with E-state index in [1.807, 2.05) is 102 Å². The number of pyridine rings is 1. The zero-order valence-electron chi connectivity index (χ0n) is 40.2. The largest absolute Gasteiger partial charge is 0.416 e. The highest BCUT2D eigenvalue weighted by Gasteiger charge is 2.34. The van der Waals surface area contributed by atoms with Crippen LogP contribution in [0.1, 0.15) is 11.1 Å². The van der Waals surface area contributed by atoms with Crippen LogP contribution in [-0.2, 0) is 6.18 Å². The first-order valence-corrected chi connectivity index (χ1v) is 25.2. The number of alkyl halides is 3. The Labute approximate surface area is 430 Å². The molecule has 0 fully saturated rings. The summed E-state index contributed by atoms with van der Waals surface area (Å²) in [6.45, 7) is 0. The molecule has 5 aromatic heterocycles. The molecule has 0 aliphatic rings. The molecule has 0 amide bonds. The summed E-state index contributed by atoms with van der Waals surface area (Å²) in [7, 11) is 0. The lowest BCUT2D eigenvalue weighted by atomic mass is 10.1. The van der Waals surface area contributed by atoms with Gasteiger partial charge in [0, 0.05) is 43.1 Å². The Kier molecular flexibility index (Phi) is 8.60. The standard InChI is InChI=1S/C67H37F3N6/c68-67(69,70)45-29-30-59-53(37-45)49-24-10-13-27-57(49)75(59)65-63(73-55-25-11-7-21-46(55)50-31-39-15-1-4-18-42(39)34-60(50)73)54(38-71)64(74-56-26-12-8-22-47(56)51-32-40-16-2-5-19-43(40)35-61(51)74)66(72-65)76-58-28-14-9-23-48(58)52-33-41-17-3-6-20-44(41)36-62(52)76/h1-37H. The summed E-state index contributed by atoms with van der Waals surface area (Å²) in [4.78, 5) is 6.09. The maximum atomic E-state index is 14.8. The maximum Gasteiger partial charge on any atom is 0.416 e. The van der Waals surface area contributed by atoms with E-state index in [1.54, 1.807) is 6.07 Å². The fourth-order valence-electron chi connectivity index (χ4n) is 12.4. The third-order valence-corrected chi connectivity index (χ3v) is 15.7. The van der Waals surface area contributed by atoms with Crippen molar-refractivity contribution in [2.24, 2.45) is 0 Å². The topological polar surface area (TPSA) is 56.4 Å². The monoisotopic (exact) mass is 982 g/mol. The number of hydrogen-bond donors (Lipinski definition) is 0. The number of aromatic nitrogens is 5. The third kappa shape index (κ3) is 5.83. The van der Waals surface area contributed by atoms with Gasteiger partial charge in [0.05, 0.1) is 49.7 Å². The van der Waals surface area contributed by atoms with Gasteiger partial charge in [-0.3, -0.25) is 9.13 Å². The summed E-state index contributed by atoms with van der Waals surface area (Å²) in [6.07, 6.45) is -4.59. The average Bonchev–Trinajstić information content (AvgIpc) is 4.18. The van der Waals surface area contributed by atoms with Crippen molar-refractivity contribution < 1.29 is 13.2 Å². The van der Waals surface area contributed by atoms with E-state index in [0.29, 0.717) is 50.4 Å². The molecule has 16 aromatic rings. The number of fused-ring (bicyclic) bond motifs is 15. The van der Waals surface area contributed by atoms with Gasteiger partial charge < -0.3 is 9.13 Å². The normalized spacial score (nSPS) is 12.4. The maximum absolute atomic E-state index is 14.8. The van der Waals surface area contributed by atoms with Gasteiger partial charge in [-0.25, -0.2) is 4.98 Å². The van der Waals surface area contributed by atoms with Crippen LogP contribution in [0.5, 0.6) is 0 Å². The molecule has 6 nitrogen and oxygen atoms in total. The lowest BCUT2D eigenvalue weighted by Crippen LogP contribution is -2.16. The van der Waals surface area contributed by atoms with Crippen LogP contribution in [0, 0.1) is 11.3 Å². The zero-order chi connectivity index (χ0) is 50.6. The number of benzene rings is 11. The number of hydrogen-bond acceptors (Lipinski definition) is 2. The Bertz CT molecular complexity index is 5250. The van der Waals surface area contributed by atoms with Crippen molar-refractivity contribution in [3.63, 3.8) is 0 Å². The fourth-order valence-corrected chi connectivity index (χ4v) is 12.4. The van der Waals surface area contributed by atoms with E-state index in [0.717, 1.165) is 104 Å². The molecule has 0 aliphatic carbocycles. The summed E-state index contributed by atoms with van der Waals surface area (Å²) in [6, 6.07) is 77.3. The van der Waals surface area contributed by atoms with Crippen LogP contribution in [-0.4, -0.2) is 23.3 Å². The van der Waals surface area contributed by atoms with E-state index in [4.69, 9.17) is 4.98 Å². The van der Waals surface area contributed by atoms with Gasteiger partial charge in [-0.1, -0.05) is 146 Å². The van der Waals surface area contributed by atoms with Gasteiger partial charge in [0.15, 0.2) is 11.6 Å². The molecule has 0 radical (unpaired) electrons. The van der Waals surface area contributed by atoms with Gasteiger partial charge >= 0.3 is 6.18 Å². The molecule has 9 heteroatoms. The molecule has 16 rings (SSSR count). The fraction of sp³-hybridized carbons (Fsp3) is 0.0149. The minimum absolute atomic E-state index is 0.316. The highest BCUT2D eigenvalue weighted by atomic mass is 19.4. The predicted octanol–water partition coefficient (Wildman–Crippen LogP) is 17.8. The predicted molar refractivity (Wildman–Crippen MR) is 304 cm³/mol. The Morgan fingerprint density at radius 3 is 1.00 bits per heavy atom. The molecule has 5 heterocycles. The van der Waals surface area contributed by atoms with Crippen LogP contribution in [0.2, 0.25) is 0 Å². The smallest absolute Gasteiger partial charge is 0.305 e. The van der Waals surface area contributed by atoms with Crippen LogP contribution in [0.25, 0.3) is 143 Å². The van der Waals surface area contributed by atoms with Crippen LogP contribution in [0.15, 0.2) is 224 Å². The van der Waals surface area contributed by atoms with Gasteiger partial charge in [0.25, 0.3) is 0 Å². The minimum Gasteiger partial charge on any atom is -0.305 e. The second-order valence-corrected chi connectivity index (χ2v) is 19.7. The quantitative estimate of drug-likeness (QED) is 0.176. The highest BCUT2D eigenvalue weighted by Crippen LogP contribution is 2.47. The molecule has 0 atom stereocenters. The first kappa shape index (κ1) is 42.3. The summed E-state index contributed by atoms with van der Waals surface area (Å²) in [5.41, 5.74) is 6.91. The van der Waals surface area contributed by atoms with Gasteiger partial charge in [-0.15, -0.1) is 0 Å². The summed E-state index contributed by atoms with van der Waals surface area (Å²) in [5.74, 6) is 0.840. The van der Waals surface area contributed by atoms with Crippen LogP contribution in [0.4, 0.5) is 13.2 Å². The Balaban J connectivity index is 1.20. The van der Waals surface area contributed by atoms with Crippen LogP contribution < -0.4 is 0 Å². The van der Waals surface area contributed by atoms with E-state index in [1.165, 1.54) is 6.07 Å². The zero-order valence-corrected chi connectivity index (χ0v) is 40.2. The molecular formula is C67H37F3N6. The van der Waals surface area contributed by atoms with E-state index in [-0.39, 0.29) is 0 Å². The minimum atomic E-state index is -4.59. The second-order valence-electron chi connectivity index (χ2n) is 19.7. The Morgan fingerprint density at radius 2 is 0.618 bits per heavy atom. The lowest BCUT2D eigenvalue weighted by molar-refractivity contribution is -0.137.